The van der Waals surface area contributed by atoms with E-state index < -0.39 is 13.3 Å². The van der Waals surface area contributed by atoms with Gasteiger partial charge in [-0.25, -0.2) is 0 Å². The Hall–Kier alpha value is -1.13. The fourth-order valence-corrected chi connectivity index (χ4v) is 4.51. The molecule has 0 aliphatic heterocycles. The maximum absolute atomic E-state index is 12.7. The Labute approximate surface area is 190 Å². The molecule has 7 heteroatoms. The molecule has 0 fully saturated rings. The number of rotatable bonds is 18. The molecule has 0 saturated heterocycles. The normalized spacial score (nSPS) is 13.9. The second-order valence-electron chi connectivity index (χ2n) is 9.19. The van der Waals surface area contributed by atoms with Crippen LogP contribution >= 0.6 is 8.03 Å². The van der Waals surface area contributed by atoms with Gasteiger partial charge in [0.2, 0.25) is 0 Å². The Morgan fingerprint density at radius 1 is 0.839 bits per heavy atom. The third-order valence-corrected chi connectivity index (χ3v) is 7.93. The first kappa shape index (κ1) is 27.9. The van der Waals surface area contributed by atoms with E-state index in [1.165, 1.54) is 70.6 Å². The summed E-state index contributed by atoms with van der Waals surface area (Å²) in [6.07, 6.45) is 18.3. The Morgan fingerprint density at radius 2 is 1.29 bits per heavy atom. The van der Waals surface area contributed by atoms with Gasteiger partial charge in [-0.15, -0.1) is 0 Å². The zero-order valence-electron chi connectivity index (χ0n) is 20.7. The molecule has 1 rings (SSSR count). The van der Waals surface area contributed by atoms with Crippen LogP contribution in [0.1, 0.15) is 116 Å². The van der Waals surface area contributed by atoms with Gasteiger partial charge in [-0.05, 0) is 17.4 Å². The Bertz CT molecular complexity index is 714. The van der Waals surface area contributed by atoms with Gasteiger partial charge in [0.1, 0.15) is 5.69 Å². The van der Waals surface area contributed by atoms with Crippen LogP contribution in [0.2, 0.25) is 0 Å². The first-order valence-electron chi connectivity index (χ1n) is 12.5. The van der Waals surface area contributed by atoms with Crippen LogP contribution in [0, 0.1) is 0 Å². The molecule has 0 radical (unpaired) electrons. The van der Waals surface area contributed by atoms with Crippen molar-refractivity contribution in [3.63, 3.8) is 0 Å². The second kappa shape index (κ2) is 14.8. The van der Waals surface area contributed by atoms with Crippen LogP contribution in [0.15, 0.2) is 4.79 Å². The van der Waals surface area contributed by atoms with E-state index in [1.54, 1.807) is 18.7 Å². The largest absolute Gasteiger partial charge is 0.533 e. The zero-order chi connectivity index (χ0) is 23.3. The number of hydrogen-bond acceptors (Lipinski definition) is 3. The monoisotopic (exact) mass is 456 g/mol. The molecule has 2 atom stereocenters. The first-order valence-corrected chi connectivity index (χ1v) is 13.7. The molecule has 0 aliphatic carbocycles. The van der Waals surface area contributed by atoms with Gasteiger partial charge in [-0.2, -0.15) is 4.89 Å². The molecule has 0 amide bonds. The number of hydrogen-bond donors (Lipinski definition) is 2. The molecule has 0 spiro atoms. The standard InChI is InChI=1S/C24H46N3O3P/c1-6-8-9-10-11-12-13-14-15-16-17-18-19-20-21-22(23(28)27(5)26(21)4)25-24(3,7-2)31(29)30/h25H,6-20H2,1-5H3/p+1/t24-/m1/s1. The molecule has 0 saturated carbocycles. The number of anilines is 1. The summed E-state index contributed by atoms with van der Waals surface area (Å²) in [6, 6.07) is 0. The van der Waals surface area contributed by atoms with Crippen molar-refractivity contribution in [2.45, 2.75) is 122 Å². The maximum Gasteiger partial charge on any atom is 0.533 e. The number of nitrogens with zero attached hydrogens (tertiary/aromatic N) is 2. The van der Waals surface area contributed by atoms with E-state index in [4.69, 9.17) is 0 Å². The number of aromatic nitrogens is 2. The van der Waals surface area contributed by atoms with Crippen LogP contribution in [-0.4, -0.2) is 19.5 Å². The zero-order valence-corrected chi connectivity index (χ0v) is 21.6. The maximum atomic E-state index is 12.7. The van der Waals surface area contributed by atoms with Crippen LogP contribution in [0.25, 0.3) is 0 Å². The van der Waals surface area contributed by atoms with Crippen molar-refractivity contribution in [3.8, 4) is 0 Å². The van der Waals surface area contributed by atoms with E-state index in [0.717, 1.165) is 25.0 Å². The third kappa shape index (κ3) is 9.10. The number of nitrogens with one attached hydrogen (secondary N) is 1. The highest BCUT2D eigenvalue weighted by Gasteiger charge is 2.44. The van der Waals surface area contributed by atoms with Gasteiger partial charge in [0.15, 0.2) is 0 Å². The molecule has 1 aromatic rings. The van der Waals surface area contributed by atoms with E-state index in [0.29, 0.717) is 12.1 Å². The summed E-state index contributed by atoms with van der Waals surface area (Å²) in [5.74, 6) is 0. The minimum absolute atomic E-state index is 0.135. The summed E-state index contributed by atoms with van der Waals surface area (Å²) >= 11 is 0. The summed E-state index contributed by atoms with van der Waals surface area (Å²) in [5.41, 5.74) is 1.27. The van der Waals surface area contributed by atoms with Crippen molar-refractivity contribution in [3.05, 3.63) is 16.0 Å². The molecular weight excluding hydrogens is 409 g/mol. The van der Waals surface area contributed by atoms with Crippen molar-refractivity contribution in [1.29, 1.82) is 0 Å². The van der Waals surface area contributed by atoms with Crippen LogP contribution < -0.4 is 10.9 Å². The van der Waals surface area contributed by atoms with Crippen LogP contribution in [0.5, 0.6) is 0 Å². The molecule has 1 unspecified atom stereocenters. The lowest BCUT2D eigenvalue weighted by molar-refractivity contribution is 0.463. The predicted molar refractivity (Wildman–Crippen MR) is 132 cm³/mol. The minimum Gasteiger partial charge on any atom is -0.331 e. The molecule has 1 aromatic heterocycles. The first-order chi connectivity index (χ1) is 14.8. The van der Waals surface area contributed by atoms with Gasteiger partial charge in [-0.1, -0.05) is 90.9 Å². The van der Waals surface area contributed by atoms with E-state index >= 15 is 0 Å². The van der Waals surface area contributed by atoms with Crippen molar-refractivity contribution in [2.75, 3.05) is 5.32 Å². The van der Waals surface area contributed by atoms with E-state index in [2.05, 4.69) is 12.2 Å². The fourth-order valence-electron chi connectivity index (χ4n) is 4.03. The van der Waals surface area contributed by atoms with Gasteiger partial charge in [0, 0.05) is 27.4 Å². The highest BCUT2D eigenvalue weighted by atomic mass is 31.1. The van der Waals surface area contributed by atoms with Gasteiger partial charge in [-0.3, -0.25) is 14.2 Å². The molecule has 0 aliphatic rings. The van der Waals surface area contributed by atoms with E-state index in [9.17, 15) is 14.3 Å². The summed E-state index contributed by atoms with van der Waals surface area (Å²) in [4.78, 5) is 22.4. The molecule has 180 valence electrons. The van der Waals surface area contributed by atoms with Crippen molar-refractivity contribution in [2.24, 2.45) is 14.1 Å². The van der Waals surface area contributed by atoms with Crippen LogP contribution in [0.3, 0.4) is 0 Å². The average Bonchev–Trinajstić information content (AvgIpc) is 2.94. The van der Waals surface area contributed by atoms with Gasteiger partial charge < -0.3 is 5.32 Å². The lowest BCUT2D eigenvalue weighted by Crippen LogP contribution is -2.32. The van der Waals surface area contributed by atoms with Gasteiger partial charge in [0.25, 0.3) is 10.8 Å². The van der Waals surface area contributed by atoms with Crippen molar-refractivity contribution >= 4 is 13.7 Å². The lowest BCUT2D eigenvalue weighted by atomic mass is 10.0. The van der Waals surface area contributed by atoms with E-state index in [-0.39, 0.29) is 5.56 Å². The SMILES string of the molecule is CCCCCCCCCCCCCCCc1c(N[C@@](C)(CC)[P+](=O)O)c(=O)n(C)n1C. The molecule has 0 bridgehead atoms. The summed E-state index contributed by atoms with van der Waals surface area (Å²) in [5, 5.41) is 2.12. The Morgan fingerprint density at radius 3 is 1.71 bits per heavy atom. The molecule has 2 N–H and O–H groups in total. The van der Waals surface area contributed by atoms with Gasteiger partial charge in [0.05, 0.1) is 5.69 Å². The van der Waals surface area contributed by atoms with Gasteiger partial charge >= 0.3 is 8.03 Å². The van der Waals surface area contributed by atoms with E-state index in [1.807, 2.05) is 18.7 Å². The third-order valence-electron chi connectivity index (χ3n) is 6.66. The fraction of sp³-hybridized carbons (Fsp3) is 0.875. The molecule has 0 aromatic carbocycles. The second-order valence-corrected chi connectivity index (χ2v) is 10.7. The minimum atomic E-state index is -2.45. The highest BCUT2D eigenvalue weighted by Crippen LogP contribution is 2.38. The number of unbranched alkanes of at least 4 members (excludes halogenated alkanes) is 12. The Kier molecular flexibility index (Phi) is 13.4. The topological polar surface area (TPSA) is 76.3 Å². The smallest absolute Gasteiger partial charge is 0.331 e. The summed E-state index contributed by atoms with van der Waals surface area (Å²) in [6.45, 7) is 5.82. The molecule has 6 nitrogen and oxygen atoms in total. The predicted octanol–water partition coefficient (Wildman–Crippen LogP) is 6.63. The molecule has 31 heavy (non-hydrogen) atoms. The Balaban J connectivity index is 2.37. The quantitative estimate of drug-likeness (QED) is 0.192. The van der Waals surface area contributed by atoms with Crippen LogP contribution in [0.4, 0.5) is 5.69 Å². The summed E-state index contributed by atoms with van der Waals surface area (Å²) in [7, 11) is 1.18. The lowest BCUT2D eigenvalue weighted by Gasteiger charge is -2.17. The van der Waals surface area contributed by atoms with Crippen molar-refractivity contribution < 1.29 is 9.46 Å². The summed E-state index contributed by atoms with van der Waals surface area (Å²) < 4.78 is 15.3. The molecular formula is C24H47N3O3P+. The highest BCUT2D eigenvalue weighted by molar-refractivity contribution is 7.40. The van der Waals surface area contributed by atoms with Crippen molar-refractivity contribution in [1.82, 2.24) is 9.36 Å². The molecule has 1 heterocycles. The average molecular weight is 457 g/mol. The van der Waals surface area contributed by atoms with Crippen LogP contribution in [-0.2, 0) is 25.1 Å².